The highest BCUT2D eigenvalue weighted by Crippen LogP contribution is 2.13. The van der Waals surface area contributed by atoms with Crippen LogP contribution in [-0.4, -0.2) is 37.2 Å². The molecule has 0 bridgehead atoms. The molecule has 0 radical (unpaired) electrons. The van der Waals surface area contributed by atoms with Crippen LogP contribution in [0.3, 0.4) is 0 Å². The highest BCUT2D eigenvalue weighted by molar-refractivity contribution is 5.71. The van der Waals surface area contributed by atoms with E-state index in [0.717, 1.165) is 141 Å². The van der Waals surface area contributed by atoms with Crippen molar-refractivity contribution in [3.8, 4) is 0 Å². The molecule has 0 aromatic carbocycles. The number of allylic oxidation sites excluding steroid dienone is 14. The molecule has 0 amide bonds. The first-order valence-electron chi connectivity index (χ1n) is 24.6. The summed E-state index contributed by atoms with van der Waals surface area (Å²) >= 11 is 0. The van der Waals surface area contributed by atoms with Gasteiger partial charge in [0.25, 0.3) is 0 Å². The molecule has 0 saturated carbocycles. The Bertz CT molecular complexity index is 1190. The minimum Gasteiger partial charge on any atom is -0.462 e. The van der Waals surface area contributed by atoms with Crippen LogP contribution in [-0.2, 0) is 28.6 Å². The van der Waals surface area contributed by atoms with Crippen LogP contribution in [0.25, 0.3) is 0 Å². The number of carbonyl (C=O) groups excluding carboxylic acids is 3. The number of rotatable bonds is 43. The van der Waals surface area contributed by atoms with Crippen molar-refractivity contribution in [1.82, 2.24) is 0 Å². The molecular formula is C54H90O6. The molecule has 342 valence electrons. The van der Waals surface area contributed by atoms with Gasteiger partial charge in [-0.15, -0.1) is 0 Å². The number of esters is 3. The molecule has 0 spiro atoms. The van der Waals surface area contributed by atoms with Crippen molar-refractivity contribution in [2.24, 2.45) is 0 Å². The van der Waals surface area contributed by atoms with Gasteiger partial charge in [-0.3, -0.25) is 14.4 Å². The summed E-state index contributed by atoms with van der Waals surface area (Å²) in [6, 6.07) is 0. The average molecular weight is 835 g/mol. The topological polar surface area (TPSA) is 78.9 Å². The summed E-state index contributed by atoms with van der Waals surface area (Å²) in [5.41, 5.74) is 0. The summed E-state index contributed by atoms with van der Waals surface area (Å²) in [7, 11) is 0. The zero-order valence-electron chi connectivity index (χ0n) is 38.9. The Balaban J connectivity index is 4.46. The Kier molecular flexibility index (Phi) is 45.5. The first-order chi connectivity index (χ1) is 29.5. The van der Waals surface area contributed by atoms with Gasteiger partial charge in [-0.2, -0.15) is 0 Å². The van der Waals surface area contributed by atoms with Crippen LogP contribution in [0.2, 0.25) is 0 Å². The van der Waals surface area contributed by atoms with Crippen LogP contribution in [0.15, 0.2) is 85.1 Å². The van der Waals surface area contributed by atoms with E-state index < -0.39 is 6.10 Å². The van der Waals surface area contributed by atoms with Crippen molar-refractivity contribution >= 4 is 17.9 Å². The van der Waals surface area contributed by atoms with E-state index in [4.69, 9.17) is 14.2 Å². The monoisotopic (exact) mass is 835 g/mol. The molecule has 0 heterocycles. The summed E-state index contributed by atoms with van der Waals surface area (Å²) in [6.45, 7) is 6.34. The van der Waals surface area contributed by atoms with Gasteiger partial charge in [-0.05, 0) is 109 Å². The molecule has 1 atom stereocenters. The predicted molar refractivity (Wildman–Crippen MR) is 256 cm³/mol. The fraction of sp³-hybridized carbons (Fsp3) is 0.685. The summed E-state index contributed by atoms with van der Waals surface area (Å²) in [5, 5.41) is 0. The van der Waals surface area contributed by atoms with Gasteiger partial charge in [0, 0.05) is 19.3 Å². The van der Waals surface area contributed by atoms with Gasteiger partial charge in [0.15, 0.2) is 6.10 Å². The predicted octanol–water partition coefficient (Wildman–Crippen LogP) is 16.0. The molecule has 0 aromatic heterocycles. The van der Waals surface area contributed by atoms with Crippen LogP contribution < -0.4 is 0 Å². The first-order valence-corrected chi connectivity index (χ1v) is 24.6. The molecule has 0 unspecified atom stereocenters. The van der Waals surface area contributed by atoms with Gasteiger partial charge >= 0.3 is 17.9 Å². The SMILES string of the molecule is CC/C=C\C/C=C\C/C=C\CCCCCCCC(=O)OC[C@@H](COC(=O)CCCCCCC/C=C\CCCCC)OC(=O)CCCCCCC/C=C\C/C=C\C/C=C\CC. The lowest BCUT2D eigenvalue weighted by Gasteiger charge is -2.18. The van der Waals surface area contributed by atoms with Crippen LogP contribution in [0.5, 0.6) is 0 Å². The molecule has 0 rings (SSSR count). The van der Waals surface area contributed by atoms with Crippen molar-refractivity contribution in [2.75, 3.05) is 13.2 Å². The molecule has 0 saturated heterocycles. The van der Waals surface area contributed by atoms with Crippen LogP contribution in [0.4, 0.5) is 0 Å². The van der Waals surface area contributed by atoms with Gasteiger partial charge in [-0.25, -0.2) is 0 Å². The van der Waals surface area contributed by atoms with Crippen molar-refractivity contribution in [3.63, 3.8) is 0 Å². The maximum atomic E-state index is 12.8. The number of hydrogen-bond acceptors (Lipinski definition) is 6. The molecule has 0 aromatic rings. The lowest BCUT2D eigenvalue weighted by Crippen LogP contribution is -2.30. The molecule has 0 N–H and O–H groups in total. The number of ether oxygens (including phenoxy) is 3. The van der Waals surface area contributed by atoms with Gasteiger partial charge < -0.3 is 14.2 Å². The van der Waals surface area contributed by atoms with E-state index in [1.165, 1.54) is 38.5 Å². The number of unbranched alkanes of at least 4 members (excludes halogenated alkanes) is 18. The molecule has 0 fully saturated rings. The molecular weight excluding hydrogens is 745 g/mol. The molecule has 0 aliphatic carbocycles. The van der Waals surface area contributed by atoms with Crippen LogP contribution in [0.1, 0.15) is 220 Å². The van der Waals surface area contributed by atoms with Gasteiger partial charge in [-0.1, -0.05) is 176 Å². The maximum absolute atomic E-state index is 12.8. The summed E-state index contributed by atoms with van der Waals surface area (Å²) in [6.07, 6.45) is 61.3. The first kappa shape index (κ1) is 56.6. The molecule has 6 nitrogen and oxygen atoms in total. The van der Waals surface area contributed by atoms with Gasteiger partial charge in [0.1, 0.15) is 13.2 Å². The Morgan fingerprint density at radius 1 is 0.350 bits per heavy atom. The third-order valence-corrected chi connectivity index (χ3v) is 10.1. The van der Waals surface area contributed by atoms with Gasteiger partial charge in [0.2, 0.25) is 0 Å². The molecule has 6 heteroatoms. The van der Waals surface area contributed by atoms with E-state index in [9.17, 15) is 14.4 Å². The van der Waals surface area contributed by atoms with Crippen LogP contribution in [0, 0.1) is 0 Å². The van der Waals surface area contributed by atoms with Crippen molar-refractivity contribution < 1.29 is 28.6 Å². The van der Waals surface area contributed by atoms with Gasteiger partial charge in [0.05, 0.1) is 0 Å². The third kappa shape index (κ3) is 45.7. The highest BCUT2D eigenvalue weighted by atomic mass is 16.6. The normalized spacial score (nSPS) is 12.8. The molecule has 0 aliphatic heterocycles. The molecule has 0 aliphatic rings. The third-order valence-electron chi connectivity index (χ3n) is 10.1. The minimum absolute atomic E-state index is 0.0945. The minimum atomic E-state index is -0.795. The van der Waals surface area contributed by atoms with Crippen LogP contribution >= 0.6 is 0 Å². The zero-order chi connectivity index (χ0) is 43.7. The highest BCUT2D eigenvalue weighted by Gasteiger charge is 2.19. The Morgan fingerprint density at radius 3 is 1.03 bits per heavy atom. The number of carbonyl (C=O) groups is 3. The summed E-state index contributed by atoms with van der Waals surface area (Å²) in [5.74, 6) is -0.941. The second kappa shape index (κ2) is 48.3. The van der Waals surface area contributed by atoms with E-state index in [0.29, 0.717) is 19.3 Å². The quantitative estimate of drug-likeness (QED) is 0.0263. The summed E-state index contributed by atoms with van der Waals surface area (Å²) in [4.78, 5) is 37.9. The Labute approximate surface area is 369 Å². The van der Waals surface area contributed by atoms with E-state index >= 15 is 0 Å². The van der Waals surface area contributed by atoms with Crippen molar-refractivity contribution in [3.05, 3.63) is 85.1 Å². The number of hydrogen-bond donors (Lipinski definition) is 0. The summed E-state index contributed by atoms with van der Waals surface area (Å²) < 4.78 is 16.7. The Morgan fingerprint density at radius 2 is 0.650 bits per heavy atom. The second-order valence-corrected chi connectivity index (χ2v) is 16.0. The lowest BCUT2D eigenvalue weighted by atomic mass is 10.1. The second-order valence-electron chi connectivity index (χ2n) is 16.0. The smallest absolute Gasteiger partial charge is 0.306 e. The van der Waals surface area contributed by atoms with E-state index in [1.807, 2.05) is 0 Å². The molecule has 60 heavy (non-hydrogen) atoms. The maximum Gasteiger partial charge on any atom is 0.306 e. The average Bonchev–Trinajstić information content (AvgIpc) is 3.24. The fourth-order valence-corrected chi connectivity index (χ4v) is 6.46. The van der Waals surface area contributed by atoms with E-state index in [-0.39, 0.29) is 31.1 Å². The van der Waals surface area contributed by atoms with Crippen molar-refractivity contribution in [1.29, 1.82) is 0 Å². The largest absolute Gasteiger partial charge is 0.462 e. The standard InChI is InChI=1S/C54H90O6/c1-4-7-10-13-16-19-22-25-27-29-32-35-38-41-44-47-53(56)59-50-51(49-58-52(55)46-43-40-37-34-31-24-21-18-15-12-9-6-3)60-54(57)48-45-42-39-36-33-30-28-26-23-20-17-14-11-8-5-2/h7-8,10-11,16-21,25-28,51H,4-6,9,12-15,22-24,29-50H2,1-3H3/b10-7-,11-8-,19-16-,20-17-,21-18-,27-25-,28-26-/t51-/m1/s1. The lowest BCUT2D eigenvalue weighted by molar-refractivity contribution is -0.167. The van der Waals surface area contributed by atoms with Crippen molar-refractivity contribution in [2.45, 2.75) is 226 Å². The Hall–Kier alpha value is -3.41. The van der Waals surface area contributed by atoms with E-state index in [1.54, 1.807) is 0 Å². The zero-order valence-corrected chi connectivity index (χ0v) is 38.9. The fourth-order valence-electron chi connectivity index (χ4n) is 6.46. The van der Waals surface area contributed by atoms with E-state index in [2.05, 4.69) is 106 Å².